The van der Waals surface area contributed by atoms with Crippen LogP contribution in [0.5, 0.6) is 0 Å². The van der Waals surface area contributed by atoms with Crippen LogP contribution in [0.25, 0.3) is 16.9 Å². The molecule has 4 nitrogen and oxygen atoms in total. The van der Waals surface area contributed by atoms with Crippen LogP contribution in [0.15, 0.2) is 91.1 Å². The SMILES string of the molecule is CC(C)(C)c1ccc(NC(=O)c2cn(-c3ccccc3)nc2-c2ccccc2)cc1. The predicted octanol–water partition coefficient (Wildman–Crippen LogP) is 6.09. The van der Waals surface area contributed by atoms with Gasteiger partial charge in [-0.2, -0.15) is 5.10 Å². The first kappa shape index (κ1) is 19.6. The van der Waals surface area contributed by atoms with Crippen molar-refractivity contribution in [1.29, 1.82) is 0 Å². The second-order valence-corrected chi connectivity index (χ2v) is 8.32. The molecule has 1 N–H and O–H groups in total. The van der Waals surface area contributed by atoms with E-state index >= 15 is 0 Å². The average molecular weight is 396 g/mol. The van der Waals surface area contributed by atoms with Crippen molar-refractivity contribution in [1.82, 2.24) is 9.78 Å². The Kier molecular flexibility index (Phi) is 5.23. The summed E-state index contributed by atoms with van der Waals surface area (Å²) < 4.78 is 1.75. The molecule has 0 aliphatic heterocycles. The molecule has 1 aromatic heterocycles. The molecule has 0 atom stereocenters. The lowest BCUT2D eigenvalue weighted by Crippen LogP contribution is -2.14. The molecule has 0 fully saturated rings. The van der Waals surface area contributed by atoms with Crippen molar-refractivity contribution in [3.63, 3.8) is 0 Å². The summed E-state index contributed by atoms with van der Waals surface area (Å²) in [5.74, 6) is -0.181. The van der Waals surface area contributed by atoms with Crippen molar-refractivity contribution in [2.24, 2.45) is 0 Å². The third kappa shape index (κ3) is 4.18. The Labute approximate surface area is 177 Å². The monoisotopic (exact) mass is 395 g/mol. The minimum Gasteiger partial charge on any atom is -0.322 e. The van der Waals surface area contributed by atoms with E-state index in [1.165, 1.54) is 5.56 Å². The standard InChI is InChI=1S/C26H25N3O/c1-26(2,3)20-14-16-21(17-15-20)27-25(30)23-18-29(22-12-8-5-9-13-22)28-24(23)19-10-6-4-7-11-19/h4-18H,1-3H3,(H,27,30). The first-order valence-electron chi connectivity index (χ1n) is 10.0. The van der Waals surface area contributed by atoms with Gasteiger partial charge in [0.2, 0.25) is 0 Å². The zero-order chi connectivity index (χ0) is 21.1. The second kappa shape index (κ2) is 7.99. The minimum absolute atomic E-state index is 0.0693. The topological polar surface area (TPSA) is 46.9 Å². The summed E-state index contributed by atoms with van der Waals surface area (Å²) in [4.78, 5) is 13.2. The van der Waals surface area contributed by atoms with E-state index in [4.69, 9.17) is 5.10 Å². The number of para-hydroxylation sites is 1. The zero-order valence-electron chi connectivity index (χ0n) is 17.5. The second-order valence-electron chi connectivity index (χ2n) is 8.32. The lowest BCUT2D eigenvalue weighted by Gasteiger charge is -2.19. The number of nitrogens with zero attached hydrogens (tertiary/aromatic N) is 2. The van der Waals surface area contributed by atoms with Crippen molar-refractivity contribution in [3.05, 3.63) is 102 Å². The van der Waals surface area contributed by atoms with Crippen molar-refractivity contribution in [2.45, 2.75) is 26.2 Å². The van der Waals surface area contributed by atoms with E-state index in [9.17, 15) is 4.79 Å². The molecule has 150 valence electrons. The molecule has 30 heavy (non-hydrogen) atoms. The van der Waals surface area contributed by atoms with Gasteiger partial charge in [-0.05, 0) is 35.2 Å². The third-order valence-corrected chi connectivity index (χ3v) is 5.04. The predicted molar refractivity (Wildman–Crippen MR) is 122 cm³/mol. The van der Waals surface area contributed by atoms with Crippen LogP contribution >= 0.6 is 0 Å². The summed E-state index contributed by atoms with van der Waals surface area (Å²) in [5.41, 5.74) is 5.05. The third-order valence-electron chi connectivity index (χ3n) is 5.04. The molecule has 4 rings (SSSR count). The molecule has 0 unspecified atom stereocenters. The van der Waals surface area contributed by atoms with Gasteiger partial charge in [0.05, 0.1) is 11.3 Å². The van der Waals surface area contributed by atoms with E-state index in [0.29, 0.717) is 11.3 Å². The number of hydrogen-bond donors (Lipinski definition) is 1. The molecule has 3 aromatic carbocycles. The maximum atomic E-state index is 13.2. The summed E-state index contributed by atoms with van der Waals surface area (Å²) in [7, 11) is 0. The van der Waals surface area contributed by atoms with Crippen LogP contribution in [-0.4, -0.2) is 15.7 Å². The molecule has 0 saturated heterocycles. The van der Waals surface area contributed by atoms with Gasteiger partial charge in [0.25, 0.3) is 5.91 Å². The molecule has 0 spiro atoms. The van der Waals surface area contributed by atoms with E-state index in [1.807, 2.05) is 72.8 Å². The molecule has 1 amide bonds. The lowest BCUT2D eigenvalue weighted by atomic mass is 9.87. The molecule has 1 heterocycles. The first-order chi connectivity index (χ1) is 14.4. The molecule has 0 aliphatic carbocycles. The van der Waals surface area contributed by atoms with Crippen LogP contribution in [0.1, 0.15) is 36.7 Å². The summed E-state index contributed by atoms with van der Waals surface area (Å²) in [6, 6.07) is 27.6. The lowest BCUT2D eigenvalue weighted by molar-refractivity contribution is 0.102. The Morgan fingerprint density at radius 2 is 1.43 bits per heavy atom. The van der Waals surface area contributed by atoms with Gasteiger partial charge in [0, 0.05) is 17.4 Å². The van der Waals surface area contributed by atoms with E-state index in [-0.39, 0.29) is 11.3 Å². The van der Waals surface area contributed by atoms with Gasteiger partial charge < -0.3 is 5.32 Å². The Bertz CT molecular complexity index is 1140. The molecule has 0 radical (unpaired) electrons. The van der Waals surface area contributed by atoms with Crippen molar-refractivity contribution in [3.8, 4) is 16.9 Å². The van der Waals surface area contributed by atoms with E-state index in [2.05, 4.69) is 38.2 Å². The molecule has 4 heteroatoms. The van der Waals surface area contributed by atoms with Crippen LogP contribution in [-0.2, 0) is 5.41 Å². The number of carbonyl (C=O) groups excluding carboxylic acids is 1. The molecule has 4 aromatic rings. The Morgan fingerprint density at radius 3 is 2.03 bits per heavy atom. The van der Waals surface area contributed by atoms with Gasteiger partial charge in [-0.15, -0.1) is 0 Å². The fourth-order valence-corrected chi connectivity index (χ4v) is 3.31. The smallest absolute Gasteiger partial charge is 0.259 e. The number of aromatic nitrogens is 2. The number of amides is 1. The van der Waals surface area contributed by atoms with Gasteiger partial charge in [-0.25, -0.2) is 4.68 Å². The Hall–Kier alpha value is -3.66. The highest BCUT2D eigenvalue weighted by atomic mass is 16.1. The highest BCUT2D eigenvalue weighted by Crippen LogP contribution is 2.26. The van der Waals surface area contributed by atoms with Crippen LogP contribution in [0, 0.1) is 0 Å². The summed E-state index contributed by atoms with van der Waals surface area (Å²) in [6.45, 7) is 6.51. The van der Waals surface area contributed by atoms with Gasteiger partial charge in [0.15, 0.2) is 0 Å². The van der Waals surface area contributed by atoms with Crippen LogP contribution < -0.4 is 5.32 Å². The summed E-state index contributed by atoms with van der Waals surface area (Å²) in [6.07, 6.45) is 1.79. The molecular weight excluding hydrogens is 370 g/mol. The number of hydrogen-bond acceptors (Lipinski definition) is 2. The highest BCUT2D eigenvalue weighted by Gasteiger charge is 2.19. The van der Waals surface area contributed by atoms with Gasteiger partial charge in [0.1, 0.15) is 5.69 Å². The normalized spacial score (nSPS) is 11.3. The molecular formula is C26H25N3O. The first-order valence-corrected chi connectivity index (χ1v) is 10.0. The minimum atomic E-state index is -0.181. The molecule has 0 saturated carbocycles. The number of nitrogens with one attached hydrogen (secondary N) is 1. The molecule has 0 bridgehead atoms. The number of anilines is 1. The van der Waals surface area contributed by atoms with E-state index in [1.54, 1.807) is 10.9 Å². The highest BCUT2D eigenvalue weighted by molar-refractivity contribution is 6.08. The summed E-state index contributed by atoms with van der Waals surface area (Å²) >= 11 is 0. The fraction of sp³-hybridized carbons (Fsp3) is 0.154. The largest absolute Gasteiger partial charge is 0.322 e. The van der Waals surface area contributed by atoms with E-state index in [0.717, 1.165) is 16.9 Å². The number of carbonyl (C=O) groups is 1. The maximum absolute atomic E-state index is 13.2. The van der Waals surface area contributed by atoms with Crippen LogP contribution in [0.3, 0.4) is 0 Å². The van der Waals surface area contributed by atoms with Gasteiger partial charge >= 0.3 is 0 Å². The van der Waals surface area contributed by atoms with Crippen molar-refractivity contribution < 1.29 is 4.79 Å². The van der Waals surface area contributed by atoms with Crippen LogP contribution in [0.4, 0.5) is 5.69 Å². The molecule has 0 aliphatic rings. The zero-order valence-corrected chi connectivity index (χ0v) is 17.5. The average Bonchev–Trinajstić information content (AvgIpc) is 3.20. The number of benzene rings is 3. The van der Waals surface area contributed by atoms with Crippen LogP contribution in [0.2, 0.25) is 0 Å². The quantitative estimate of drug-likeness (QED) is 0.454. The van der Waals surface area contributed by atoms with Gasteiger partial charge in [-0.3, -0.25) is 4.79 Å². The van der Waals surface area contributed by atoms with E-state index < -0.39 is 0 Å². The maximum Gasteiger partial charge on any atom is 0.259 e. The summed E-state index contributed by atoms with van der Waals surface area (Å²) in [5, 5.41) is 7.74. The number of rotatable bonds is 4. The van der Waals surface area contributed by atoms with Crippen molar-refractivity contribution in [2.75, 3.05) is 5.32 Å². The fourth-order valence-electron chi connectivity index (χ4n) is 3.31. The van der Waals surface area contributed by atoms with Gasteiger partial charge in [-0.1, -0.05) is 81.4 Å². The Morgan fingerprint density at radius 1 is 0.833 bits per heavy atom. The Balaban J connectivity index is 1.68. The van der Waals surface area contributed by atoms with Crippen molar-refractivity contribution >= 4 is 11.6 Å².